The quantitative estimate of drug-likeness (QED) is 0.773. The van der Waals surface area contributed by atoms with Crippen LogP contribution in [0.3, 0.4) is 0 Å². The summed E-state index contributed by atoms with van der Waals surface area (Å²) in [5.74, 6) is 0.404. The van der Waals surface area contributed by atoms with Crippen LogP contribution in [-0.2, 0) is 6.42 Å². The standard InChI is InChI=1S/C13H13NO2/c1-3-11-12(10-7-5-4-6-8-10)14-9(2)16-13(11)15/h4-8H,3H2,1-2H3. The van der Waals surface area contributed by atoms with Crippen molar-refractivity contribution in [2.45, 2.75) is 20.3 Å². The van der Waals surface area contributed by atoms with Gasteiger partial charge in [-0.2, -0.15) is 0 Å². The lowest BCUT2D eigenvalue weighted by Crippen LogP contribution is -2.11. The molecule has 0 aliphatic heterocycles. The summed E-state index contributed by atoms with van der Waals surface area (Å²) in [6.45, 7) is 3.61. The summed E-state index contributed by atoms with van der Waals surface area (Å²) < 4.78 is 4.99. The third-order valence-corrected chi connectivity index (χ3v) is 2.44. The fraction of sp³-hybridized carbons (Fsp3) is 0.231. The van der Waals surface area contributed by atoms with Gasteiger partial charge in [0.05, 0.1) is 11.3 Å². The molecule has 1 heterocycles. The fourth-order valence-electron chi connectivity index (χ4n) is 1.69. The van der Waals surface area contributed by atoms with Gasteiger partial charge in [0.15, 0.2) is 5.89 Å². The molecule has 16 heavy (non-hydrogen) atoms. The summed E-state index contributed by atoms with van der Waals surface area (Å²) in [5.41, 5.74) is 2.04. The van der Waals surface area contributed by atoms with Crippen LogP contribution in [0.4, 0.5) is 0 Å². The molecule has 3 nitrogen and oxygen atoms in total. The molecule has 0 saturated carbocycles. The van der Waals surface area contributed by atoms with E-state index in [1.54, 1.807) is 6.92 Å². The Balaban J connectivity index is 2.69. The van der Waals surface area contributed by atoms with Gasteiger partial charge in [-0.3, -0.25) is 0 Å². The Labute approximate surface area is 93.8 Å². The van der Waals surface area contributed by atoms with Gasteiger partial charge in [-0.15, -0.1) is 0 Å². The topological polar surface area (TPSA) is 43.1 Å². The molecule has 0 atom stereocenters. The average Bonchev–Trinajstić information content (AvgIpc) is 2.29. The molecule has 0 unspecified atom stereocenters. The SMILES string of the molecule is CCc1c(-c2ccccc2)nc(C)oc1=O. The first-order chi connectivity index (χ1) is 7.72. The molecule has 2 rings (SSSR count). The van der Waals surface area contributed by atoms with Crippen LogP contribution < -0.4 is 5.63 Å². The van der Waals surface area contributed by atoms with Crippen molar-refractivity contribution in [3.05, 3.63) is 52.2 Å². The van der Waals surface area contributed by atoms with E-state index in [1.165, 1.54) is 0 Å². The lowest BCUT2D eigenvalue weighted by atomic mass is 10.1. The number of aryl methyl sites for hydroxylation is 1. The van der Waals surface area contributed by atoms with Gasteiger partial charge in [0.1, 0.15) is 0 Å². The van der Waals surface area contributed by atoms with E-state index in [0.717, 1.165) is 11.3 Å². The monoisotopic (exact) mass is 215 g/mol. The maximum Gasteiger partial charge on any atom is 0.342 e. The van der Waals surface area contributed by atoms with E-state index in [0.29, 0.717) is 17.9 Å². The van der Waals surface area contributed by atoms with Crippen LogP contribution in [0.1, 0.15) is 18.4 Å². The second-order valence-corrected chi connectivity index (χ2v) is 3.57. The van der Waals surface area contributed by atoms with E-state index in [1.807, 2.05) is 37.3 Å². The summed E-state index contributed by atoms with van der Waals surface area (Å²) in [4.78, 5) is 16.0. The maximum atomic E-state index is 11.7. The van der Waals surface area contributed by atoms with E-state index in [4.69, 9.17) is 4.42 Å². The van der Waals surface area contributed by atoms with Crippen LogP contribution in [0.15, 0.2) is 39.5 Å². The van der Waals surface area contributed by atoms with Crippen LogP contribution in [0, 0.1) is 6.92 Å². The molecule has 0 saturated heterocycles. The Kier molecular flexibility index (Phi) is 2.86. The van der Waals surface area contributed by atoms with Crippen molar-refractivity contribution in [1.82, 2.24) is 4.98 Å². The first-order valence-electron chi connectivity index (χ1n) is 5.28. The Bertz CT molecular complexity index is 544. The molecule has 0 spiro atoms. The van der Waals surface area contributed by atoms with Crippen molar-refractivity contribution >= 4 is 0 Å². The van der Waals surface area contributed by atoms with Gasteiger partial charge >= 0.3 is 5.63 Å². The predicted molar refractivity (Wildman–Crippen MR) is 62.3 cm³/mol. The number of hydrogen-bond donors (Lipinski definition) is 0. The number of benzene rings is 1. The molecule has 82 valence electrons. The zero-order chi connectivity index (χ0) is 11.5. The fourth-order valence-corrected chi connectivity index (χ4v) is 1.69. The highest BCUT2D eigenvalue weighted by atomic mass is 16.4. The molecule has 0 aliphatic rings. The average molecular weight is 215 g/mol. The highest BCUT2D eigenvalue weighted by Gasteiger charge is 2.11. The van der Waals surface area contributed by atoms with Gasteiger partial charge in [0.2, 0.25) is 0 Å². The molecule has 2 aromatic rings. The summed E-state index contributed by atoms with van der Waals surface area (Å²) >= 11 is 0. The van der Waals surface area contributed by atoms with Gasteiger partial charge in [0.25, 0.3) is 0 Å². The minimum atomic E-state index is -0.283. The van der Waals surface area contributed by atoms with Crippen molar-refractivity contribution in [1.29, 1.82) is 0 Å². The molecule has 0 bridgehead atoms. The molecule has 0 fully saturated rings. The Hall–Kier alpha value is -1.90. The van der Waals surface area contributed by atoms with Gasteiger partial charge in [-0.1, -0.05) is 37.3 Å². The minimum Gasteiger partial charge on any atom is -0.408 e. The van der Waals surface area contributed by atoms with E-state index in [-0.39, 0.29) is 5.63 Å². The zero-order valence-electron chi connectivity index (χ0n) is 9.36. The van der Waals surface area contributed by atoms with Gasteiger partial charge in [-0.25, -0.2) is 9.78 Å². The second kappa shape index (κ2) is 4.31. The first kappa shape index (κ1) is 10.6. The molecule has 3 heteroatoms. The largest absolute Gasteiger partial charge is 0.408 e. The Morgan fingerprint density at radius 3 is 2.56 bits per heavy atom. The third-order valence-electron chi connectivity index (χ3n) is 2.44. The zero-order valence-corrected chi connectivity index (χ0v) is 9.36. The number of hydrogen-bond acceptors (Lipinski definition) is 3. The molecule has 1 aromatic carbocycles. The van der Waals surface area contributed by atoms with Crippen LogP contribution in [0.5, 0.6) is 0 Å². The van der Waals surface area contributed by atoms with E-state index < -0.39 is 0 Å². The summed E-state index contributed by atoms with van der Waals surface area (Å²) in [6, 6.07) is 9.69. The molecular formula is C13H13NO2. The second-order valence-electron chi connectivity index (χ2n) is 3.57. The predicted octanol–water partition coefficient (Wildman–Crippen LogP) is 2.57. The van der Waals surface area contributed by atoms with E-state index in [9.17, 15) is 4.79 Å². The Morgan fingerprint density at radius 2 is 1.94 bits per heavy atom. The molecule has 0 radical (unpaired) electrons. The van der Waals surface area contributed by atoms with Crippen molar-refractivity contribution in [3.8, 4) is 11.3 Å². The summed E-state index contributed by atoms with van der Waals surface area (Å²) in [7, 11) is 0. The lowest BCUT2D eigenvalue weighted by molar-refractivity contribution is 0.450. The van der Waals surface area contributed by atoms with E-state index >= 15 is 0 Å². The van der Waals surface area contributed by atoms with Crippen molar-refractivity contribution in [2.24, 2.45) is 0 Å². The van der Waals surface area contributed by atoms with Crippen LogP contribution in [0.25, 0.3) is 11.3 Å². The third kappa shape index (κ3) is 1.89. The highest BCUT2D eigenvalue weighted by molar-refractivity contribution is 5.62. The molecule has 0 aliphatic carbocycles. The maximum absolute atomic E-state index is 11.7. The van der Waals surface area contributed by atoms with Crippen LogP contribution in [-0.4, -0.2) is 4.98 Å². The van der Waals surface area contributed by atoms with Gasteiger partial charge in [0, 0.05) is 12.5 Å². The Morgan fingerprint density at radius 1 is 1.25 bits per heavy atom. The number of aromatic nitrogens is 1. The van der Waals surface area contributed by atoms with E-state index in [2.05, 4.69) is 4.98 Å². The molecule has 1 aromatic heterocycles. The van der Waals surface area contributed by atoms with Crippen molar-refractivity contribution in [3.63, 3.8) is 0 Å². The molecular weight excluding hydrogens is 202 g/mol. The van der Waals surface area contributed by atoms with Crippen LogP contribution in [0.2, 0.25) is 0 Å². The normalized spacial score (nSPS) is 10.4. The lowest BCUT2D eigenvalue weighted by Gasteiger charge is -2.05. The van der Waals surface area contributed by atoms with Gasteiger partial charge < -0.3 is 4.42 Å². The minimum absolute atomic E-state index is 0.283. The highest BCUT2D eigenvalue weighted by Crippen LogP contribution is 2.19. The first-order valence-corrected chi connectivity index (χ1v) is 5.28. The van der Waals surface area contributed by atoms with Crippen LogP contribution >= 0.6 is 0 Å². The number of nitrogens with zero attached hydrogens (tertiary/aromatic N) is 1. The molecule has 0 N–H and O–H groups in total. The summed E-state index contributed by atoms with van der Waals surface area (Å²) in [6.07, 6.45) is 0.625. The summed E-state index contributed by atoms with van der Waals surface area (Å²) in [5, 5.41) is 0. The van der Waals surface area contributed by atoms with Crippen molar-refractivity contribution in [2.75, 3.05) is 0 Å². The smallest absolute Gasteiger partial charge is 0.342 e. The molecule has 0 amide bonds. The van der Waals surface area contributed by atoms with Gasteiger partial charge in [-0.05, 0) is 6.42 Å². The van der Waals surface area contributed by atoms with Crippen molar-refractivity contribution < 1.29 is 4.42 Å². The number of rotatable bonds is 2.